The fourth-order valence-corrected chi connectivity index (χ4v) is 3.25. The predicted molar refractivity (Wildman–Crippen MR) is 108 cm³/mol. The third-order valence-electron chi connectivity index (χ3n) is 4.20. The lowest BCUT2D eigenvalue weighted by Gasteiger charge is -2.22. The van der Waals surface area contributed by atoms with Gasteiger partial charge < -0.3 is 15.3 Å². The fourth-order valence-electron chi connectivity index (χ4n) is 2.89. The lowest BCUT2D eigenvalue weighted by Crippen LogP contribution is -2.16. The molecule has 5 heteroatoms. The van der Waals surface area contributed by atoms with Gasteiger partial charge in [-0.3, -0.25) is 4.98 Å². The zero-order valence-electron chi connectivity index (χ0n) is 14.6. The van der Waals surface area contributed by atoms with Crippen LogP contribution < -0.4 is 10.2 Å². The normalized spacial score (nSPS) is 12.2. The van der Waals surface area contributed by atoms with Gasteiger partial charge in [0.1, 0.15) is 0 Å². The van der Waals surface area contributed by atoms with Crippen LogP contribution in [0, 0.1) is 6.92 Å². The van der Waals surface area contributed by atoms with Crippen LogP contribution in [0.25, 0.3) is 10.9 Å². The molecule has 0 saturated heterocycles. The smallest absolute Gasteiger partial charge is 0.0745 e. The van der Waals surface area contributed by atoms with E-state index < -0.39 is 0 Å². The number of nitrogens with zero attached hydrogens (tertiary/aromatic N) is 2. The van der Waals surface area contributed by atoms with Crippen molar-refractivity contribution in [1.82, 2.24) is 4.98 Å². The average Bonchev–Trinajstić information content (AvgIpc) is 2.60. The number of aliphatic hydroxyl groups excluding tert-OH is 1. The Morgan fingerprint density at radius 1 is 1.16 bits per heavy atom. The van der Waals surface area contributed by atoms with Crippen LogP contribution in [-0.4, -0.2) is 30.8 Å². The fraction of sp³-hybridized carbons (Fsp3) is 0.250. The molecule has 0 radical (unpaired) electrons. The van der Waals surface area contributed by atoms with E-state index in [2.05, 4.69) is 49.3 Å². The van der Waals surface area contributed by atoms with Crippen molar-refractivity contribution < 1.29 is 5.11 Å². The number of pyridine rings is 1. The summed E-state index contributed by atoms with van der Waals surface area (Å²) in [4.78, 5) is 6.65. The second kappa shape index (κ2) is 7.42. The number of rotatable bonds is 5. The van der Waals surface area contributed by atoms with Gasteiger partial charge in [0.05, 0.1) is 18.2 Å². The number of aromatic nitrogens is 1. The highest BCUT2D eigenvalue weighted by molar-refractivity contribution is 9.10. The van der Waals surface area contributed by atoms with Crippen molar-refractivity contribution in [2.24, 2.45) is 0 Å². The molecular formula is C20H22BrN3O. The quantitative estimate of drug-likeness (QED) is 0.661. The van der Waals surface area contributed by atoms with Crippen LogP contribution in [0.3, 0.4) is 0 Å². The molecule has 0 spiro atoms. The standard InChI is InChI=1S/C20H22BrN3O/c1-13-9-19(17-11-15(21)7-8-18(17)22-13)23-20(12-25)14-5-4-6-16(10-14)24(2)3/h4-11,20,25H,12H2,1-3H3,(H,22,23)/t20-/m0/s1. The SMILES string of the molecule is Cc1cc(N[C@@H](CO)c2cccc(N(C)C)c2)c2cc(Br)ccc2n1. The van der Waals surface area contributed by atoms with Crippen molar-refractivity contribution in [3.8, 4) is 0 Å². The number of fused-ring (bicyclic) bond motifs is 1. The summed E-state index contributed by atoms with van der Waals surface area (Å²) in [5, 5.41) is 14.5. The van der Waals surface area contributed by atoms with E-state index >= 15 is 0 Å². The Morgan fingerprint density at radius 3 is 2.68 bits per heavy atom. The van der Waals surface area contributed by atoms with E-state index in [0.717, 1.165) is 38.0 Å². The highest BCUT2D eigenvalue weighted by Gasteiger charge is 2.14. The first kappa shape index (κ1) is 17.7. The maximum atomic E-state index is 9.97. The minimum Gasteiger partial charge on any atom is -0.394 e. The van der Waals surface area contributed by atoms with Crippen molar-refractivity contribution in [2.75, 3.05) is 30.9 Å². The summed E-state index contributed by atoms with van der Waals surface area (Å²) in [7, 11) is 4.02. The van der Waals surface area contributed by atoms with E-state index in [-0.39, 0.29) is 12.6 Å². The highest BCUT2D eigenvalue weighted by Crippen LogP contribution is 2.30. The first-order valence-corrected chi connectivity index (χ1v) is 8.99. The Bertz CT molecular complexity index is 895. The van der Waals surface area contributed by atoms with Crippen LogP contribution in [0.1, 0.15) is 17.3 Å². The van der Waals surface area contributed by atoms with Crippen molar-refractivity contribution in [1.29, 1.82) is 0 Å². The van der Waals surface area contributed by atoms with Crippen molar-refractivity contribution in [3.05, 3.63) is 64.3 Å². The summed E-state index contributed by atoms with van der Waals surface area (Å²) in [6.45, 7) is 1.99. The van der Waals surface area contributed by atoms with E-state index in [9.17, 15) is 5.11 Å². The summed E-state index contributed by atoms with van der Waals surface area (Å²) in [5.74, 6) is 0. The van der Waals surface area contributed by atoms with Gasteiger partial charge in [0.2, 0.25) is 0 Å². The van der Waals surface area contributed by atoms with Crippen molar-refractivity contribution in [2.45, 2.75) is 13.0 Å². The van der Waals surface area contributed by atoms with Crippen LogP contribution in [-0.2, 0) is 0 Å². The highest BCUT2D eigenvalue weighted by atomic mass is 79.9. The molecule has 0 fully saturated rings. The molecule has 0 saturated carbocycles. The molecule has 1 atom stereocenters. The number of benzene rings is 2. The van der Waals surface area contributed by atoms with Crippen LogP contribution in [0.2, 0.25) is 0 Å². The van der Waals surface area contributed by atoms with Crippen LogP contribution in [0.5, 0.6) is 0 Å². The van der Waals surface area contributed by atoms with Crippen LogP contribution in [0.4, 0.5) is 11.4 Å². The number of aliphatic hydroxyl groups is 1. The Labute approximate surface area is 156 Å². The van der Waals surface area contributed by atoms with E-state index in [1.54, 1.807) is 0 Å². The van der Waals surface area contributed by atoms with Gasteiger partial charge in [0, 0.05) is 41.0 Å². The van der Waals surface area contributed by atoms with Gasteiger partial charge in [-0.1, -0.05) is 28.1 Å². The maximum Gasteiger partial charge on any atom is 0.0745 e. The van der Waals surface area contributed by atoms with Crippen LogP contribution >= 0.6 is 15.9 Å². The zero-order valence-corrected chi connectivity index (χ0v) is 16.2. The molecule has 4 nitrogen and oxygen atoms in total. The second-order valence-corrected chi connectivity index (χ2v) is 7.26. The van der Waals surface area contributed by atoms with Gasteiger partial charge in [-0.05, 0) is 48.9 Å². The molecule has 2 aromatic carbocycles. The molecule has 0 aliphatic carbocycles. The third kappa shape index (κ3) is 3.94. The summed E-state index contributed by atoms with van der Waals surface area (Å²) in [5.41, 5.74) is 5.00. The number of hydrogen-bond donors (Lipinski definition) is 2. The Kier molecular flexibility index (Phi) is 5.25. The number of aryl methyl sites for hydroxylation is 1. The number of hydrogen-bond acceptors (Lipinski definition) is 4. The van der Waals surface area contributed by atoms with E-state index in [1.165, 1.54) is 0 Å². The Morgan fingerprint density at radius 2 is 1.96 bits per heavy atom. The lowest BCUT2D eigenvalue weighted by atomic mass is 10.0. The van der Waals surface area contributed by atoms with Gasteiger partial charge in [0.25, 0.3) is 0 Å². The molecule has 0 aliphatic heterocycles. The Hall–Kier alpha value is -2.11. The minimum absolute atomic E-state index is 0.00769. The molecule has 25 heavy (non-hydrogen) atoms. The largest absolute Gasteiger partial charge is 0.394 e. The minimum atomic E-state index is -0.191. The van der Waals surface area contributed by atoms with Crippen LogP contribution in [0.15, 0.2) is 53.0 Å². The van der Waals surface area contributed by atoms with E-state index in [4.69, 9.17) is 0 Å². The van der Waals surface area contributed by atoms with Gasteiger partial charge >= 0.3 is 0 Å². The molecule has 1 aromatic heterocycles. The number of nitrogens with one attached hydrogen (secondary N) is 1. The van der Waals surface area contributed by atoms with E-state index in [0.29, 0.717) is 0 Å². The molecule has 3 rings (SSSR count). The van der Waals surface area contributed by atoms with Gasteiger partial charge in [-0.2, -0.15) is 0 Å². The van der Waals surface area contributed by atoms with Gasteiger partial charge in [-0.25, -0.2) is 0 Å². The molecule has 2 N–H and O–H groups in total. The average molecular weight is 400 g/mol. The van der Waals surface area contributed by atoms with Gasteiger partial charge in [-0.15, -0.1) is 0 Å². The van der Waals surface area contributed by atoms with Crippen molar-refractivity contribution in [3.63, 3.8) is 0 Å². The maximum absolute atomic E-state index is 9.97. The summed E-state index contributed by atoms with van der Waals surface area (Å²) in [6, 6.07) is 16.1. The first-order chi connectivity index (χ1) is 12.0. The molecule has 0 amide bonds. The summed E-state index contributed by atoms with van der Waals surface area (Å²) in [6.07, 6.45) is 0. The molecule has 3 aromatic rings. The number of halogens is 1. The summed E-state index contributed by atoms with van der Waals surface area (Å²) >= 11 is 3.53. The topological polar surface area (TPSA) is 48.4 Å². The molecule has 0 bridgehead atoms. The van der Waals surface area contributed by atoms with Crippen molar-refractivity contribution >= 4 is 38.2 Å². The van der Waals surface area contributed by atoms with E-state index in [1.807, 2.05) is 51.4 Å². The molecule has 1 heterocycles. The lowest BCUT2D eigenvalue weighted by molar-refractivity contribution is 0.276. The predicted octanol–water partition coefficient (Wildman–Crippen LogP) is 4.52. The third-order valence-corrected chi connectivity index (χ3v) is 4.69. The Balaban J connectivity index is 2.01. The monoisotopic (exact) mass is 399 g/mol. The molecular weight excluding hydrogens is 378 g/mol. The second-order valence-electron chi connectivity index (χ2n) is 6.34. The molecule has 130 valence electrons. The number of anilines is 2. The molecule has 0 aliphatic rings. The summed E-state index contributed by atoms with van der Waals surface area (Å²) < 4.78 is 1.00. The van der Waals surface area contributed by atoms with Gasteiger partial charge in [0.15, 0.2) is 0 Å². The zero-order chi connectivity index (χ0) is 18.0. The molecule has 0 unspecified atom stereocenters. The first-order valence-electron chi connectivity index (χ1n) is 8.19.